The molecule has 0 spiro atoms. The number of nitrogens with zero attached hydrogens (tertiary/aromatic N) is 3. The van der Waals surface area contributed by atoms with Gasteiger partial charge in [0.25, 0.3) is 11.6 Å². The van der Waals surface area contributed by atoms with Crippen molar-refractivity contribution in [2.75, 3.05) is 5.32 Å². The van der Waals surface area contributed by atoms with Crippen molar-refractivity contribution in [1.82, 2.24) is 15.2 Å². The standard InChI is InChI=1S/C10H9N5O3/c1-6-2-3-7(15(17)18)4-8(6)13-10(16)9-11-5-12-14-9/h2-5H,1H3,(H,13,16)(H,11,12,14). The van der Waals surface area contributed by atoms with E-state index in [0.29, 0.717) is 11.3 Å². The molecule has 0 fully saturated rings. The summed E-state index contributed by atoms with van der Waals surface area (Å²) < 4.78 is 0. The maximum atomic E-state index is 11.7. The summed E-state index contributed by atoms with van der Waals surface area (Å²) in [6.45, 7) is 1.74. The zero-order valence-electron chi connectivity index (χ0n) is 9.38. The Bertz CT molecular complexity index is 594. The van der Waals surface area contributed by atoms with Crippen molar-refractivity contribution in [3.05, 3.63) is 46.0 Å². The van der Waals surface area contributed by atoms with E-state index in [1.54, 1.807) is 13.0 Å². The molecule has 1 aromatic carbocycles. The summed E-state index contributed by atoms with van der Waals surface area (Å²) >= 11 is 0. The lowest BCUT2D eigenvalue weighted by molar-refractivity contribution is -0.384. The van der Waals surface area contributed by atoms with E-state index in [1.807, 2.05) is 0 Å². The molecule has 2 N–H and O–H groups in total. The number of rotatable bonds is 3. The fourth-order valence-electron chi connectivity index (χ4n) is 1.35. The molecule has 0 saturated heterocycles. The van der Waals surface area contributed by atoms with Crippen LogP contribution in [0, 0.1) is 17.0 Å². The molecule has 8 heteroatoms. The maximum Gasteiger partial charge on any atom is 0.292 e. The highest BCUT2D eigenvalue weighted by Gasteiger charge is 2.13. The zero-order valence-corrected chi connectivity index (χ0v) is 9.38. The second-order valence-corrected chi connectivity index (χ2v) is 3.54. The Morgan fingerprint density at radius 2 is 2.28 bits per heavy atom. The molecule has 0 atom stereocenters. The Balaban J connectivity index is 2.26. The summed E-state index contributed by atoms with van der Waals surface area (Å²) in [4.78, 5) is 25.5. The molecule has 1 aromatic heterocycles. The topological polar surface area (TPSA) is 114 Å². The minimum Gasteiger partial charge on any atom is -0.319 e. The fourth-order valence-corrected chi connectivity index (χ4v) is 1.35. The average Bonchev–Trinajstić information content (AvgIpc) is 2.85. The number of anilines is 1. The highest BCUT2D eigenvalue weighted by Crippen LogP contribution is 2.22. The van der Waals surface area contributed by atoms with Gasteiger partial charge in [0.2, 0.25) is 5.82 Å². The predicted molar refractivity (Wildman–Crippen MR) is 62.2 cm³/mol. The molecule has 0 radical (unpaired) electrons. The summed E-state index contributed by atoms with van der Waals surface area (Å²) in [5.74, 6) is -0.461. The summed E-state index contributed by atoms with van der Waals surface area (Å²) in [6.07, 6.45) is 1.20. The lowest BCUT2D eigenvalue weighted by Gasteiger charge is -2.06. The third-order valence-corrected chi connectivity index (χ3v) is 2.31. The number of aryl methyl sites for hydroxylation is 1. The number of aromatic amines is 1. The highest BCUT2D eigenvalue weighted by molar-refractivity contribution is 6.02. The first-order valence-corrected chi connectivity index (χ1v) is 4.99. The lowest BCUT2D eigenvalue weighted by Crippen LogP contribution is -2.14. The van der Waals surface area contributed by atoms with Gasteiger partial charge in [0.15, 0.2) is 0 Å². The smallest absolute Gasteiger partial charge is 0.292 e. The molecule has 1 amide bonds. The molecule has 18 heavy (non-hydrogen) atoms. The normalized spacial score (nSPS) is 10.1. The zero-order chi connectivity index (χ0) is 13.1. The SMILES string of the molecule is Cc1ccc([N+](=O)[O-])cc1NC(=O)c1ncn[nH]1. The Morgan fingerprint density at radius 3 is 2.89 bits per heavy atom. The summed E-state index contributed by atoms with van der Waals surface area (Å²) in [5, 5.41) is 19.1. The third-order valence-electron chi connectivity index (χ3n) is 2.31. The largest absolute Gasteiger partial charge is 0.319 e. The van der Waals surface area contributed by atoms with Gasteiger partial charge in [-0.1, -0.05) is 6.07 Å². The van der Waals surface area contributed by atoms with Crippen LogP contribution in [0.3, 0.4) is 0 Å². The number of nitro benzene ring substituents is 1. The molecule has 0 aliphatic rings. The van der Waals surface area contributed by atoms with Crippen molar-refractivity contribution in [2.24, 2.45) is 0 Å². The van der Waals surface area contributed by atoms with Crippen LogP contribution in [0.25, 0.3) is 0 Å². The Morgan fingerprint density at radius 1 is 1.50 bits per heavy atom. The van der Waals surface area contributed by atoms with Gasteiger partial charge in [0.1, 0.15) is 6.33 Å². The predicted octanol–water partition coefficient (Wildman–Crippen LogP) is 1.27. The number of hydrogen-bond acceptors (Lipinski definition) is 5. The van der Waals surface area contributed by atoms with Gasteiger partial charge in [-0.15, -0.1) is 0 Å². The Hall–Kier alpha value is -2.77. The molecule has 2 rings (SSSR count). The van der Waals surface area contributed by atoms with Crippen molar-refractivity contribution in [2.45, 2.75) is 6.92 Å². The summed E-state index contributed by atoms with van der Waals surface area (Å²) in [7, 11) is 0. The van der Waals surface area contributed by atoms with Crippen molar-refractivity contribution in [3.8, 4) is 0 Å². The van der Waals surface area contributed by atoms with E-state index in [1.165, 1.54) is 18.5 Å². The molecule has 2 aromatic rings. The third kappa shape index (κ3) is 2.32. The van der Waals surface area contributed by atoms with Crippen molar-refractivity contribution in [1.29, 1.82) is 0 Å². The number of non-ortho nitro benzene ring substituents is 1. The molecule has 0 saturated carbocycles. The molecule has 92 valence electrons. The first-order valence-electron chi connectivity index (χ1n) is 4.99. The van der Waals surface area contributed by atoms with E-state index < -0.39 is 10.8 Å². The van der Waals surface area contributed by atoms with Crippen LogP contribution in [-0.2, 0) is 0 Å². The van der Waals surface area contributed by atoms with E-state index in [2.05, 4.69) is 20.5 Å². The number of nitrogens with one attached hydrogen (secondary N) is 2. The first kappa shape index (κ1) is 11.7. The second kappa shape index (κ2) is 4.62. The number of nitro groups is 1. The van der Waals surface area contributed by atoms with Gasteiger partial charge in [-0.2, -0.15) is 5.10 Å². The molecule has 0 aliphatic carbocycles. The summed E-state index contributed by atoms with van der Waals surface area (Å²) in [6, 6.07) is 4.23. The van der Waals surface area contributed by atoms with Crippen molar-refractivity contribution in [3.63, 3.8) is 0 Å². The van der Waals surface area contributed by atoms with Gasteiger partial charge in [0.05, 0.1) is 10.6 Å². The van der Waals surface area contributed by atoms with Crippen LogP contribution < -0.4 is 5.32 Å². The number of H-pyrrole nitrogens is 1. The highest BCUT2D eigenvalue weighted by atomic mass is 16.6. The molecule has 0 aliphatic heterocycles. The number of hydrogen-bond donors (Lipinski definition) is 2. The number of amides is 1. The Labute approximate surface area is 101 Å². The number of benzene rings is 1. The molecule has 0 bridgehead atoms. The van der Waals surface area contributed by atoms with E-state index in [-0.39, 0.29) is 11.5 Å². The Kier molecular flexibility index (Phi) is 3.00. The van der Waals surface area contributed by atoms with E-state index in [0.717, 1.165) is 0 Å². The average molecular weight is 247 g/mol. The van der Waals surface area contributed by atoms with E-state index >= 15 is 0 Å². The van der Waals surface area contributed by atoms with Crippen LogP contribution in [0.2, 0.25) is 0 Å². The second-order valence-electron chi connectivity index (χ2n) is 3.54. The molecular weight excluding hydrogens is 238 g/mol. The minimum atomic E-state index is -0.524. The molecular formula is C10H9N5O3. The van der Waals surface area contributed by atoms with Crippen LogP contribution in [0.4, 0.5) is 11.4 Å². The quantitative estimate of drug-likeness (QED) is 0.626. The van der Waals surface area contributed by atoms with Gasteiger partial charge in [0, 0.05) is 12.1 Å². The van der Waals surface area contributed by atoms with Crippen LogP contribution >= 0.6 is 0 Å². The monoisotopic (exact) mass is 247 g/mol. The van der Waals surface area contributed by atoms with E-state index in [9.17, 15) is 14.9 Å². The summed E-state index contributed by atoms with van der Waals surface area (Å²) in [5.41, 5.74) is 0.993. The van der Waals surface area contributed by atoms with Crippen LogP contribution in [0.1, 0.15) is 16.2 Å². The van der Waals surface area contributed by atoms with E-state index in [4.69, 9.17) is 0 Å². The van der Waals surface area contributed by atoms with Gasteiger partial charge in [-0.3, -0.25) is 20.0 Å². The van der Waals surface area contributed by atoms with Crippen LogP contribution in [0.15, 0.2) is 24.5 Å². The van der Waals surface area contributed by atoms with Crippen molar-refractivity contribution >= 4 is 17.3 Å². The molecule has 8 nitrogen and oxygen atoms in total. The number of carbonyl (C=O) groups excluding carboxylic acids is 1. The molecule has 1 heterocycles. The van der Waals surface area contributed by atoms with Gasteiger partial charge < -0.3 is 5.32 Å². The number of aromatic nitrogens is 3. The van der Waals surface area contributed by atoms with Gasteiger partial charge >= 0.3 is 0 Å². The van der Waals surface area contributed by atoms with Crippen LogP contribution in [0.5, 0.6) is 0 Å². The van der Waals surface area contributed by atoms with Gasteiger partial charge in [-0.05, 0) is 12.5 Å². The maximum absolute atomic E-state index is 11.7. The van der Waals surface area contributed by atoms with Crippen LogP contribution in [-0.4, -0.2) is 26.0 Å². The first-order chi connectivity index (χ1) is 8.58. The lowest BCUT2D eigenvalue weighted by atomic mass is 10.2. The van der Waals surface area contributed by atoms with Crippen molar-refractivity contribution < 1.29 is 9.72 Å². The van der Waals surface area contributed by atoms with Gasteiger partial charge in [-0.25, -0.2) is 4.98 Å². The molecule has 0 unspecified atom stereocenters. The minimum absolute atomic E-state index is 0.0425. The number of carbonyl (C=O) groups is 1. The fraction of sp³-hybridized carbons (Fsp3) is 0.100.